The molecule has 4 amide bonds. The van der Waals surface area contributed by atoms with Gasteiger partial charge in [0.05, 0.1) is 6.42 Å². The first kappa shape index (κ1) is 18.4. The second-order valence-electron chi connectivity index (χ2n) is 7.20. The third-order valence-corrected chi connectivity index (χ3v) is 5.15. The van der Waals surface area contributed by atoms with Gasteiger partial charge in [0.1, 0.15) is 6.04 Å². The first-order valence-electron chi connectivity index (χ1n) is 9.13. The second kappa shape index (κ2) is 8.31. The smallest absolute Gasteiger partial charge is 0.322 e. The first-order chi connectivity index (χ1) is 12.5. The molecule has 1 atom stereocenters. The number of nitrogens with zero attached hydrogens (tertiary/aromatic N) is 2. The third kappa shape index (κ3) is 4.82. The van der Waals surface area contributed by atoms with E-state index < -0.39 is 18.0 Å². The van der Waals surface area contributed by atoms with Crippen LogP contribution < -0.4 is 10.6 Å². The highest BCUT2D eigenvalue weighted by Gasteiger charge is 2.32. The minimum absolute atomic E-state index is 0.0148. The molecule has 1 aromatic rings. The number of carbonyl (C=O) groups is 3. The Labute approximate surface area is 153 Å². The van der Waals surface area contributed by atoms with Crippen LogP contribution >= 0.6 is 0 Å². The zero-order valence-electron chi connectivity index (χ0n) is 15.1. The SMILES string of the molecule is CN(CC1CCN(Cc2ccccc2)CC1)C(=O)CC1NC(=O)NC1=O. The molecule has 0 aliphatic carbocycles. The lowest BCUT2D eigenvalue weighted by Crippen LogP contribution is -2.41. The number of piperidine rings is 1. The molecule has 7 nitrogen and oxygen atoms in total. The molecule has 0 bridgehead atoms. The van der Waals surface area contributed by atoms with E-state index in [4.69, 9.17) is 0 Å². The molecule has 1 unspecified atom stereocenters. The molecule has 140 valence electrons. The van der Waals surface area contributed by atoms with Gasteiger partial charge < -0.3 is 10.2 Å². The van der Waals surface area contributed by atoms with E-state index in [-0.39, 0.29) is 12.3 Å². The van der Waals surface area contributed by atoms with Crippen molar-refractivity contribution in [1.82, 2.24) is 20.4 Å². The average Bonchev–Trinajstić information content (AvgIpc) is 2.94. The van der Waals surface area contributed by atoms with E-state index in [9.17, 15) is 14.4 Å². The summed E-state index contributed by atoms with van der Waals surface area (Å²) in [5.41, 5.74) is 1.33. The van der Waals surface area contributed by atoms with Gasteiger partial charge in [-0.15, -0.1) is 0 Å². The lowest BCUT2D eigenvalue weighted by molar-refractivity contribution is -0.133. The molecule has 26 heavy (non-hydrogen) atoms. The van der Waals surface area contributed by atoms with Crippen LogP contribution in [0, 0.1) is 5.92 Å². The highest BCUT2D eigenvalue weighted by molar-refractivity contribution is 6.05. The molecule has 3 rings (SSSR count). The van der Waals surface area contributed by atoms with Gasteiger partial charge in [0.15, 0.2) is 0 Å². The van der Waals surface area contributed by atoms with E-state index in [1.165, 1.54) is 5.56 Å². The normalized spacial score (nSPS) is 21.3. The lowest BCUT2D eigenvalue weighted by Gasteiger charge is -2.34. The van der Waals surface area contributed by atoms with Crippen molar-refractivity contribution in [2.24, 2.45) is 5.92 Å². The number of imide groups is 1. The molecule has 2 aliphatic heterocycles. The molecule has 2 saturated heterocycles. The Morgan fingerprint density at radius 3 is 2.50 bits per heavy atom. The molecule has 0 aromatic heterocycles. The summed E-state index contributed by atoms with van der Waals surface area (Å²) in [6.07, 6.45) is 2.14. The maximum atomic E-state index is 12.3. The highest BCUT2D eigenvalue weighted by atomic mass is 16.2. The van der Waals surface area contributed by atoms with E-state index in [1.807, 2.05) is 6.07 Å². The molecular formula is C19H26N4O3. The number of hydrogen-bond acceptors (Lipinski definition) is 4. The number of likely N-dealkylation sites (tertiary alicyclic amines) is 1. The Morgan fingerprint density at radius 2 is 1.88 bits per heavy atom. The largest absolute Gasteiger partial charge is 0.345 e. The number of benzene rings is 1. The summed E-state index contributed by atoms with van der Waals surface area (Å²) < 4.78 is 0. The molecule has 2 fully saturated rings. The van der Waals surface area contributed by atoms with E-state index in [0.717, 1.165) is 32.5 Å². The second-order valence-corrected chi connectivity index (χ2v) is 7.20. The maximum absolute atomic E-state index is 12.3. The highest BCUT2D eigenvalue weighted by Crippen LogP contribution is 2.20. The Hall–Kier alpha value is -2.41. The fraction of sp³-hybridized carbons (Fsp3) is 0.526. The Morgan fingerprint density at radius 1 is 1.19 bits per heavy atom. The summed E-state index contributed by atoms with van der Waals surface area (Å²) in [7, 11) is 1.77. The topological polar surface area (TPSA) is 81.8 Å². The van der Waals surface area contributed by atoms with Crippen molar-refractivity contribution in [3.8, 4) is 0 Å². The molecule has 0 saturated carbocycles. The van der Waals surface area contributed by atoms with Crippen LogP contribution in [0.25, 0.3) is 0 Å². The van der Waals surface area contributed by atoms with Gasteiger partial charge in [0.2, 0.25) is 5.91 Å². The van der Waals surface area contributed by atoms with E-state index in [2.05, 4.69) is 39.8 Å². The van der Waals surface area contributed by atoms with Crippen molar-refractivity contribution in [3.05, 3.63) is 35.9 Å². The van der Waals surface area contributed by atoms with Crippen molar-refractivity contribution < 1.29 is 14.4 Å². The number of amides is 4. The summed E-state index contributed by atoms with van der Waals surface area (Å²) in [6.45, 7) is 3.73. The zero-order chi connectivity index (χ0) is 18.5. The van der Waals surface area contributed by atoms with Gasteiger partial charge in [-0.25, -0.2) is 4.79 Å². The van der Waals surface area contributed by atoms with Crippen molar-refractivity contribution >= 4 is 17.8 Å². The maximum Gasteiger partial charge on any atom is 0.322 e. The molecule has 2 N–H and O–H groups in total. The van der Waals surface area contributed by atoms with Crippen LogP contribution in [0.5, 0.6) is 0 Å². The van der Waals surface area contributed by atoms with Crippen molar-refractivity contribution in [1.29, 1.82) is 0 Å². The van der Waals surface area contributed by atoms with Crippen LogP contribution in [-0.4, -0.2) is 60.4 Å². The summed E-state index contributed by atoms with van der Waals surface area (Å²) in [6, 6.07) is 9.19. The quantitative estimate of drug-likeness (QED) is 0.742. The molecule has 0 radical (unpaired) electrons. The summed E-state index contributed by atoms with van der Waals surface area (Å²) in [5, 5.41) is 4.62. The van der Waals surface area contributed by atoms with Gasteiger partial charge in [-0.3, -0.25) is 19.8 Å². The van der Waals surface area contributed by atoms with Crippen LogP contribution in [0.2, 0.25) is 0 Å². The summed E-state index contributed by atoms with van der Waals surface area (Å²) >= 11 is 0. The van der Waals surface area contributed by atoms with Crippen LogP contribution in [0.3, 0.4) is 0 Å². The Balaban J connectivity index is 1.40. The van der Waals surface area contributed by atoms with Crippen molar-refractivity contribution in [2.75, 3.05) is 26.7 Å². The summed E-state index contributed by atoms with van der Waals surface area (Å²) in [4.78, 5) is 39.1. The molecule has 7 heteroatoms. The van der Waals surface area contributed by atoms with E-state index in [0.29, 0.717) is 12.5 Å². The van der Waals surface area contributed by atoms with Gasteiger partial charge in [-0.05, 0) is 37.4 Å². The number of nitrogens with one attached hydrogen (secondary N) is 2. The molecule has 0 spiro atoms. The van der Waals surface area contributed by atoms with E-state index in [1.54, 1.807) is 11.9 Å². The van der Waals surface area contributed by atoms with Crippen LogP contribution in [0.15, 0.2) is 30.3 Å². The first-order valence-corrected chi connectivity index (χ1v) is 9.13. The third-order valence-electron chi connectivity index (χ3n) is 5.15. The number of carbonyl (C=O) groups excluding carboxylic acids is 3. The fourth-order valence-electron chi connectivity index (χ4n) is 3.59. The standard InChI is InChI=1S/C19H26N4O3/c1-22(17(24)11-16-18(25)21-19(26)20-16)12-15-7-9-23(10-8-15)13-14-5-3-2-4-6-14/h2-6,15-16H,7-13H2,1H3,(H2,20,21,25,26). The predicted octanol–water partition coefficient (Wildman–Crippen LogP) is 0.955. The van der Waals surface area contributed by atoms with Crippen LogP contribution in [-0.2, 0) is 16.1 Å². The minimum atomic E-state index is -0.745. The molecule has 2 aliphatic rings. The van der Waals surface area contributed by atoms with Crippen LogP contribution in [0.4, 0.5) is 4.79 Å². The van der Waals surface area contributed by atoms with Gasteiger partial charge in [0.25, 0.3) is 5.91 Å². The van der Waals surface area contributed by atoms with Crippen molar-refractivity contribution in [2.45, 2.75) is 31.8 Å². The Kier molecular flexibility index (Phi) is 5.88. The average molecular weight is 358 g/mol. The Bertz CT molecular complexity index is 656. The van der Waals surface area contributed by atoms with Gasteiger partial charge in [0, 0.05) is 20.1 Å². The fourth-order valence-corrected chi connectivity index (χ4v) is 3.59. The zero-order valence-corrected chi connectivity index (χ0v) is 15.1. The minimum Gasteiger partial charge on any atom is -0.345 e. The predicted molar refractivity (Wildman–Crippen MR) is 97.2 cm³/mol. The molecule has 1 aromatic carbocycles. The van der Waals surface area contributed by atoms with E-state index >= 15 is 0 Å². The van der Waals surface area contributed by atoms with Gasteiger partial charge >= 0.3 is 6.03 Å². The summed E-state index contributed by atoms with van der Waals surface area (Å²) in [5.74, 6) is -0.0620. The number of hydrogen-bond donors (Lipinski definition) is 2. The molecule has 2 heterocycles. The molecular weight excluding hydrogens is 332 g/mol. The van der Waals surface area contributed by atoms with Gasteiger partial charge in [-0.2, -0.15) is 0 Å². The number of urea groups is 1. The van der Waals surface area contributed by atoms with Crippen molar-refractivity contribution in [3.63, 3.8) is 0 Å². The monoisotopic (exact) mass is 358 g/mol. The number of rotatable bonds is 6. The van der Waals surface area contributed by atoms with Gasteiger partial charge in [-0.1, -0.05) is 30.3 Å². The lowest BCUT2D eigenvalue weighted by atomic mass is 9.95. The van der Waals surface area contributed by atoms with Crippen LogP contribution in [0.1, 0.15) is 24.8 Å².